The van der Waals surface area contributed by atoms with Crippen molar-refractivity contribution < 1.29 is 19.0 Å². The summed E-state index contributed by atoms with van der Waals surface area (Å²) in [6.07, 6.45) is -0.135. The first-order valence-corrected chi connectivity index (χ1v) is 4.76. The van der Waals surface area contributed by atoms with E-state index in [1.807, 2.05) is 0 Å². The van der Waals surface area contributed by atoms with Gasteiger partial charge in [-0.25, -0.2) is 4.39 Å². The lowest BCUT2D eigenvalue weighted by Gasteiger charge is -2.14. The van der Waals surface area contributed by atoms with Gasteiger partial charge in [0.25, 0.3) is 0 Å². The van der Waals surface area contributed by atoms with Gasteiger partial charge >= 0.3 is 5.97 Å². The first-order valence-electron chi connectivity index (χ1n) is 4.76. The highest BCUT2D eigenvalue weighted by Gasteiger charge is 2.33. The largest absolute Gasteiger partial charge is 0.489 e. The summed E-state index contributed by atoms with van der Waals surface area (Å²) in [7, 11) is 0. The third-order valence-electron chi connectivity index (χ3n) is 2.71. The summed E-state index contributed by atoms with van der Waals surface area (Å²) >= 11 is 0. The molecule has 0 amide bonds. The molecular formula is C11H11FO3. The van der Waals surface area contributed by atoms with Gasteiger partial charge in [0.05, 0.1) is 5.92 Å². The van der Waals surface area contributed by atoms with Gasteiger partial charge in [-0.2, -0.15) is 0 Å². The number of carboxylic acids is 1. The lowest BCUT2D eigenvalue weighted by molar-refractivity contribution is -0.143. The van der Waals surface area contributed by atoms with E-state index in [0.29, 0.717) is 17.7 Å². The SMILES string of the molecule is CC(C(=O)O)C1Cc2c(F)cccc2O1. The molecule has 1 heterocycles. The Labute approximate surface area is 86.5 Å². The quantitative estimate of drug-likeness (QED) is 0.810. The lowest BCUT2D eigenvalue weighted by Crippen LogP contribution is -2.29. The van der Waals surface area contributed by atoms with Crippen molar-refractivity contribution >= 4 is 5.97 Å². The van der Waals surface area contributed by atoms with Crippen LogP contribution in [0, 0.1) is 11.7 Å². The van der Waals surface area contributed by atoms with Gasteiger partial charge in [0.15, 0.2) is 0 Å². The van der Waals surface area contributed by atoms with Crippen LogP contribution in [0.25, 0.3) is 0 Å². The zero-order valence-electron chi connectivity index (χ0n) is 8.24. The molecule has 0 aliphatic carbocycles. The molecule has 4 heteroatoms. The predicted molar refractivity (Wildman–Crippen MR) is 51.3 cm³/mol. The molecule has 1 aromatic carbocycles. The molecule has 0 saturated heterocycles. The van der Waals surface area contributed by atoms with Gasteiger partial charge in [0.1, 0.15) is 17.7 Å². The highest BCUT2D eigenvalue weighted by molar-refractivity contribution is 5.70. The molecule has 0 aromatic heterocycles. The van der Waals surface area contributed by atoms with Gasteiger partial charge in [-0.1, -0.05) is 6.07 Å². The zero-order valence-corrected chi connectivity index (χ0v) is 8.24. The van der Waals surface area contributed by atoms with Crippen LogP contribution in [0.15, 0.2) is 18.2 Å². The molecule has 1 aromatic rings. The summed E-state index contributed by atoms with van der Waals surface area (Å²) < 4.78 is 18.7. The average molecular weight is 210 g/mol. The molecule has 3 nitrogen and oxygen atoms in total. The van der Waals surface area contributed by atoms with Gasteiger partial charge < -0.3 is 9.84 Å². The minimum atomic E-state index is -0.923. The van der Waals surface area contributed by atoms with E-state index in [1.54, 1.807) is 19.1 Å². The monoisotopic (exact) mass is 210 g/mol. The van der Waals surface area contributed by atoms with E-state index in [-0.39, 0.29) is 5.82 Å². The van der Waals surface area contributed by atoms with Crippen molar-refractivity contribution in [1.29, 1.82) is 0 Å². The van der Waals surface area contributed by atoms with Gasteiger partial charge in [0, 0.05) is 12.0 Å². The number of aliphatic carboxylic acids is 1. The minimum Gasteiger partial charge on any atom is -0.489 e. The number of hydrogen-bond donors (Lipinski definition) is 1. The number of fused-ring (bicyclic) bond motifs is 1. The molecule has 1 aliphatic heterocycles. The van der Waals surface area contributed by atoms with Crippen molar-refractivity contribution in [3.8, 4) is 5.75 Å². The normalized spacial score (nSPS) is 20.5. The van der Waals surface area contributed by atoms with Crippen molar-refractivity contribution in [1.82, 2.24) is 0 Å². The van der Waals surface area contributed by atoms with Crippen LogP contribution in [0.2, 0.25) is 0 Å². The predicted octanol–water partition coefficient (Wildman–Crippen LogP) is 1.85. The Morgan fingerprint density at radius 1 is 1.67 bits per heavy atom. The molecule has 2 rings (SSSR count). The smallest absolute Gasteiger partial charge is 0.309 e. The van der Waals surface area contributed by atoms with E-state index < -0.39 is 18.0 Å². The van der Waals surface area contributed by atoms with Crippen molar-refractivity contribution in [2.45, 2.75) is 19.4 Å². The van der Waals surface area contributed by atoms with E-state index in [0.717, 1.165) is 0 Å². The number of ether oxygens (including phenoxy) is 1. The molecular weight excluding hydrogens is 199 g/mol. The van der Waals surface area contributed by atoms with E-state index in [1.165, 1.54) is 6.07 Å². The molecule has 0 fully saturated rings. The van der Waals surface area contributed by atoms with Crippen molar-refractivity contribution in [2.75, 3.05) is 0 Å². The molecule has 80 valence electrons. The maximum atomic E-state index is 13.3. The van der Waals surface area contributed by atoms with Crippen LogP contribution in [0.1, 0.15) is 12.5 Å². The topological polar surface area (TPSA) is 46.5 Å². The summed E-state index contributed by atoms with van der Waals surface area (Å²) in [4.78, 5) is 10.7. The van der Waals surface area contributed by atoms with Crippen LogP contribution in [0.4, 0.5) is 4.39 Å². The van der Waals surface area contributed by atoms with Gasteiger partial charge in [-0.05, 0) is 19.1 Å². The summed E-state index contributed by atoms with van der Waals surface area (Å²) in [6, 6.07) is 4.57. The highest BCUT2D eigenvalue weighted by Crippen LogP contribution is 2.33. The summed E-state index contributed by atoms with van der Waals surface area (Å²) in [5, 5.41) is 8.82. The lowest BCUT2D eigenvalue weighted by atomic mass is 10.00. The van der Waals surface area contributed by atoms with Crippen molar-refractivity contribution in [3.63, 3.8) is 0 Å². The van der Waals surface area contributed by atoms with Gasteiger partial charge in [-0.3, -0.25) is 4.79 Å². The highest BCUT2D eigenvalue weighted by atomic mass is 19.1. The Hall–Kier alpha value is -1.58. The average Bonchev–Trinajstić information content (AvgIpc) is 2.61. The third-order valence-corrected chi connectivity index (χ3v) is 2.71. The Morgan fingerprint density at radius 2 is 2.40 bits per heavy atom. The van der Waals surface area contributed by atoms with Crippen LogP contribution in [-0.2, 0) is 11.2 Å². The number of rotatable bonds is 2. The number of benzene rings is 1. The summed E-state index contributed by atoms with van der Waals surface area (Å²) in [6.45, 7) is 1.57. The van der Waals surface area contributed by atoms with Gasteiger partial charge in [-0.15, -0.1) is 0 Å². The fourth-order valence-electron chi connectivity index (χ4n) is 1.69. The van der Waals surface area contributed by atoms with E-state index in [9.17, 15) is 9.18 Å². The molecule has 0 saturated carbocycles. The van der Waals surface area contributed by atoms with Crippen LogP contribution >= 0.6 is 0 Å². The standard InChI is InChI=1S/C11H11FO3/c1-6(11(13)14)10-5-7-8(12)3-2-4-9(7)15-10/h2-4,6,10H,5H2,1H3,(H,13,14). The molecule has 1 aliphatic rings. The second kappa shape index (κ2) is 3.53. The minimum absolute atomic E-state index is 0.326. The van der Waals surface area contributed by atoms with Crippen LogP contribution in [-0.4, -0.2) is 17.2 Å². The van der Waals surface area contributed by atoms with E-state index in [4.69, 9.17) is 9.84 Å². The number of carboxylic acid groups (broad SMARTS) is 1. The molecule has 15 heavy (non-hydrogen) atoms. The molecule has 2 atom stereocenters. The molecule has 0 radical (unpaired) electrons. The summed E-state index contributed by atoms with van der Waals surface area (Å²) in [5.41, 5.74) is 0.482. The van der Waals surface area contributed by atoms with Gasteiger partial charge in [0.2, 0.25) is 0 Å². The Morgan fingerprint density at radius 3 is 3.00 bits per heavy atom. The van der Waals surface area contributed by atoms with Crippen molar-refractivity contribution in [3.05, 3.63) is 29.6 Å². The zero-order chi connectivity index (χ0) is 11.0. The number of halogens is 1. The number of hydrogen-bond acceptors (Lipinski definition) is 2. The molecule has 0 bridgehead atoms. The van der Waals surface area contributed by atoms with E-state index in [2.05, 4.69) is 0 Å². The molecule has 1 N–H and O–H groups in total. The van der Waals surface area contributed by atoms with Crippen LogP contribution in [0.3, 0.4) is 0 Å². The number of carbonyl (C=O) groups is 1. The Balaban J connectivity index is 2.23. The maximum Gasteiger partial charge on any atom is 0.309 e. The summed E-state index contributed by atoms with van der Waals surface area (Å²) in [5.74, 6) is -1.41. The van der Waals surface area contributed by atoms with Crippen LogP contribution < -0.4 is 4.74 Å². The molecule has 2 unspecified atom stereocenters. The Bertz CT molecular complexity index is 403. The second-order valence-electron chi connectivity index (χ2n) is 3.70. The van der Waals surface area contributed by atoms with Crippen LogP contribution in [0.5, 0.6) is 5.75 Å². The Kier molecular flexibility index (Phi) is 2.34. The maximum absolute atomic E-state index is 13.3. The fraction of sp³-hybridized carbons (Fsp3) is 0.364. The van der Waals surface area contributed by atoms with Crippen molar-refractivity contribution in [2.24, 2.45) is 5.92 Å². The third kappa shape index (κ3) is 1.67. The van der Waals surface area contributed by atoms with E-state index >= 15 is 0 Å². The second-order valence-corrected chi connectivity index (χ2v) is 3.70. The molecule has 0 spiro atoms. The first-order chi connectivity index (χ1) is 7.09. The fourth-order valence-corrected chi connectivity index (χ4v) is 1.69. The first kappa shape index (κ1) is 9.96.